The van der Waals surface area contributed by atoms with Gasteiger partial charge in [0, 0.05) is 28.6 Å². The zero-order valence-electron chi connectivity index (χ0n) is 10.7. The molecule has 19 heavy (non-hydrogen) atoms. The average molecular weight is 297 g/mol. The Labute approximate surface area is 121 Å². The molecule has 1 heterocycles. The molecule has 0 bridgehead atoms. The van der Waals surface area contributed by atoms with Crippen molar-refractivity contribution in [2.75, 3.05) is 0 Å². The van der Waals surface area contributed by atoms with E-state index in [9.17, 15) is 4.79 Å². The van der Waals surface area contributed by atoms with E-state index in [2.05, 4.69) is 10.3 Å². The van der Waals surface area contributed by atoms with Crippen LogP contribution in [0.1, 0.15) is 30.6 Å². The molecule has 1 unspecified atom stereocenters. The number of carbonyl (C=O) groups is 1. The number of aromatic nitrogens is 1. The summed E-state index contributed by atoms with van der Waals surface area (Å²) in [6.45, 7) is 3.98. The van der Waals surface area contributed by atoms with Crippen molar-refractivity contribution in [1.29, 1.82) is 0 Å². The van der Waals surface area contributed by atoms with Gasteiger partial charge in [-0.3, -0.25) is 4.79 Å². The minimum Gasteiger partial charge on any atom is -0.350 e. The Bertz CT molecular complexity index is 628. The predicted molar refractivity (Wildman–Crippen MR) is 79.0 cm³/mol. The molecule has 0 saturated carbocycles. The fourth-order valence-corrected chi connectivity index (χ4v) is 2.14. The fourth-order valence-electron chi connectivity index (χ4n) is 1.73. The second-order valence-electron chi connectivity index (χ2n) is 4.44. The third-order valence-corrected chi connectivity index (χ3v) is 3.64. The molecule has 1 aromatic heterocycles. The number of halogens is 2. The summed E-state index contributed by atoms with van der Waals surface area (Å²) in [5, 5.41) is 5.26. The molecule has 0 aliphatic heterocycles. The van der Waals surface area contributed by atoms with Crippen molar-refractivity contribution in [2.24, 2.45) is 0 Å². The summed E-state index contributed by atoms with van der Waals surface area (Å²) >= 11 is 12.1. The topological polar surface area (TPSA) is 42.0 Å². The molecule has 5 heteroatoms. The van der Waals surface area contributed by atoms with Crippen LogP contribution in [0, 0.1) is 0 Å². The second-order valence-corrected chi connectivity index (χ2v) is 5.21. The molecular weight excluding hydrogens is 283 g/mol. The SMILES string of the molecule is CCC(C)NC(=O)c1ccc2c(Cl)cnc(Cl)c2c1. The van der Waals surface area contributed by atoms with Gasteiger partial charge in [-0.1, -0.05) is 36.2 Å². The van der Waals surface area contributed by atoms with Gasteiger partial charge >= 0.3 is 0 Å². The van der Waals surface area contributed by atoms with Crippen molar-refractivity contribution in [3.63, 3.8) is 0 Å². The number of hydrogen-bond donors (Lipinski definition) is 1. The maximum absolute atomic E-state index is 12.0. The van der Waals surface area contributed by atoms with E-state index < -0.39 is 0 Å². The average Bonchev–Trinajstić information content (AvgIpc) is 2.42. The lowest BCUT2D eigenvalue weighted by Gasteiger charge is -2.12. The van der Waals surface area contributed by atoms with Crippen LogP contribution >= 0.6 is 23.2 Å². The number of carbonyl (C=O) groups excluding carboxylic acids is 1. The van der Waals surface area contributed by atoms with Crippen molar-refractivity contribution in [3.05, 3.63) is 40.1 Å². The van der Waals surface area contributed by atoms with Crippen LogP contribution in [-0.2, 0) is 0 Å². The summed E-state index contributed by atoms with van der Waals surface area (Å²) in [7, 11) is 0. The van der Waals surface area contributed by atoms with Crippen LogP contribution in [0.2, 0.25) is 10.2 Å². The van der Waals surface area contributed by atoms with E-state index in [0.717, 1.165) is 11.8 Å². The zero-order chi connectivity index (χ0) is 14.0. The number of pyridine rings is 1. The number of nitrogens with one attached hydrogen (secondary N) is 1. The number of benzene rings is 1. The minimum absolute atomic E-state index is 0.118. The Morgan fingerprint density at radius 3 is 2.79 bits per heavy atom. The molecule has 0 spiro atoms. The van der Waals surface area contributed by atoms with Gasteiger partial charge in [0.25, 0.3) is 5.91 Å². The van der Waals surface area contributed by atoms with Gasteiger partial charge in [0.1, 0.15) is 5.15 Å². The maximum atomic E-state index is 12.0. The maximum Gasteiger partial charge on any atom is 0.251 e. The Hall–Kier alpha value is -1.32. The minimum atomic E-state index is -0.118. The third-order valence-electron chi connectivity index (χ3n) is 3.04. The highest BCUT2D eigenvalue weighted by atomic mass is 35.5. The Kier molecular flexibility index (Phi) is 4.27. The van der Waals surface area contributed by atoms with Gasteiger partial charge in [-0.15, -0.1) is 0 Å². The lowest BCUT2D eigenvalue weighted by atomic mass is 10.1. The molecule has 2 rings (SSSR count). The monoisotopic (exact) mass is 296 g/mol. The number of nitrogens with zero attached hydrogens (tertiary/aromatic N) is 1. The van der Waals surface area contributed by atoms with Gasteiger partial charge < -0.3 is 5.32 Å². The largest absolute Gasteiger partial charge is 0.350 e. The number of rotatable bonds is 3. The predicted octanol–water partition coefficient (Wildman–Crippen LogP) is 4.07. The Balaban J connectivity index is 2.41. The first-order valence-corrected chi connectivity index (χ1v) is 6.83. The van der Waals surface area contributed by atoms with Crippen molar-refractivity contribution in [1.82, 2.24) is 10.3 Å². The summed E-state index contributed by atoms with van der Waals surface area (Å²) in [6, 6.07) is 5.38. The van der Waals surface area contributed by atoms with Crippen LogP contribution in [0.25, 0.3) is 10.8 Å². The fraction of sp³-hybridized carbons (Fsp3) is 0.286. The van der Waals surface area contributed by atoms with Crippen molar-refractivity contribution < 1.29 is 4.79 Å². The Morgan fingerprint density at radius 2 is 2.11 bits per heavy atom. The molecule has 2 aromatic rings. The van der Waals surface area contributed by atoms with Gasteiger partial charge in [-0.2, -0.15) is 0 Å². The highest BCUT2D eigenvalue weighted by Gasteiger charge is 2.11. The van der Waals surface area contributed by atoms with Gasteiger partial charge in [0.15, 0.2) is 0 Å². The first-order chi connectivity index (χ1) is 9.02. The number of fused-ring (bicyclic) bond motifs is 1. The van der Waals surface area contributed by atoms with E-state index in [0.29, 0.717) is 21.1 Å². The van der Waals surface area contributed by atoms with E-state index in [-0.39, 0.29) is 11.9 Å². The van der Waals surface area contributed by atoms with Gasteiger partial charge in [-0.25, -0.2) is 4.98 Å². The van der Waals surface area contributed by atoms with Gasteiger partial charge in [0.2, 0.25) is 0 Å². The molecular formula is C14H14Cl2N2O. The van der Waals surface area contributed by atoms with Crippen LogP contribution in [0.5, 0.6) is 0 Å². The molecule has 3 nitrogen and oxygen atoms in total. The zero-order valence-corrected chi connectivity index (χ0v) is 12.2. The number of amides is 1. The molecule has 0 aliphatic carbocycles. The molecule has 1 atom stereocenters. The molecule has 1 aromatic carbocycles. The molecule has 0 saturated heterocycles. The molecule has 0 fully saturated rings. The van der Waals surface area contributed by atoms with Crippen LogP contribution in [-0.4, -0.2) is 16.9 Å². The van der Waals surface area contributed by atoms with Crippen molar-refractivity contribution in [2.45, 2.75) is 26.3 Å². The smallest absolute Gasteiger partial charge is 0.251 e. The van der Waals surface area contributed by atoms with E-state index in [1.54, 1.807) is 18.2 Å². The van der Waals surface area contributed by atoms with Gasteiger partial charge in [0.05, 0.1) is 5.02 Å². The lowest BCUT2D eigenvalue weighted by Crippen LogP contribution is -2.31. The van der Waals surface area contributed by atoms with E-state index in [4.69, 9.17) is 23.2 Å². The molecule has 0 aliphatic rings. The van der Waals surface area contributed by atoms with Crippen molar-refractivity contribution >= 4 is 39.9 Å². The van der Waals surface area contributed by atoms with Crippen LogP contribution < -0.4 is 5.32 Å². The highest BCUT2D eigenvalue weighted by molar-refractivity contribution is 6.39. The summed E-state index contributed by atoms with van der Waals surface area (Å²) in [5.41, 5.74) is 0.554. The summed E-state index contributed by atoms with van der Waals surface area (Å²) in [4.78, 5) is 16.0. The van der Waals surface area contributed by atoms with E-state index in [1.807, 2.05) is 13.8 Å². The van der Waals surface area contributed by atoms with Crippen molar-refractivity contribution in [3.8, 4) is 0 Å². The normalized spacial score (nSPS) is 12.4. The lowest BCUT2D eigenvalue weighted by molar-refractivity contribution is 0.0939. The van der Waals surface area contributed by atoms with Crippen LogP contribution in [0.3, 0.4) is 0 Å². The highest BCUT2D eigenvalue weighted by Crippen LogP contribution is 2.28. The standard InChI is InChI=1S/C14H14Cl2N2O/c1-3-8(2)18-14(19)9-4-5-10-11(6-9)13(16)17-7-12(10)15/h4-8H,3H2,1-2H3,(H,18,19). The summed E-state index contributed by atoms with van der Waals surface area (Å²) in [6.07, 6.45) is 2.39. The van der Waals surface area contributed by atoms with Crippen LogP contribution in [0.15, 0.2) is 24.4 Å². The quantitative estimate of drug-likeness (QED) is 0.868. The molecule has 1 amide bonds. The van der Waals surface area contributed by atoms with E-state index in [1.165, 1.54) is 6.20 Å². The number of hydrogen-bond acceptors (Lipinski definition) is 2. The first-order valence-electron chi connectivity index (χ1n) is 6.07. The van der Waals surface area contributed by atoms with E-state index >= 15 is 0 Å². The van der Waals surface area contributed by atoms with Crippen LogP contribution in [0.4, 0.5) is 0 Å². The Morgan fingerprint density at radius 1 is 1.37 bits per heavy atom. The molecule has 0 radical (unpaired) electrons. The summed E-state index contributed by atoms with van der Waals surface area (Å²) in [5.74, 6) is -0.118. The first kappa shape index (κ1) is 14.1. The second kappa shape index (κ2) is 5.76. The third kappa shape index (κ3) is 2.99. The molecule has 1 N–H and O–H groups in total. The van der Waals surface area contributed by atoms with Gasteiger partial charge in [-0.05, 0) is 25.5 Å². The molecule has 100 valence electrons. The summed E-state index contributed by atoms with van der Waals surface area (Å²) < 4.78 is 0.